The van der Waals surface area contributed by atoms with Crippen LogP contribution in [-0.4, -0.2) is 34.0 Å². The summed E-state index contributed by atoms with van der Waals surface area (Å²) in [5.74, 6) is -0.344. The van der Waals surface area contributed by atoms with Gasteiger partial charge in [0, 0.05) is 37.7 Å². The van der Waals surface area contributed by atoms with Crippen LogP contribution in [0.2, 0.25) is 0 Å². The largest absolute Gasteiger partial charge is 0.351 e. The molecule has 23 heavy (non-hydrogen) atoms. The number of aromatic nitrogens is 2. The van der Waals surface area contributed by atoms with Crippen LogP contribution in [0.4, 0.5) is 5.69 Å². The Hall–Kier alpha value is -2.96. The standard InChI is InChI=1S/C16H17N5O2/c22-15-7-6-14(20-21(15)13-4-2-1-3-5-13)16(23)18-9-8-12-10-17-11-19-12/h1-5,10-11H,6-9H2,(H,17,19)(H,18,23). The second-order valence-corrected chi connectivity index (χ2v) is 5.17. The first-order valence-corrected chi connectivity index (χ1v) is 7.45. The number of hydrogen-bond donors (Lipinski definition) is 2. The van der Waals surface area contributed by atoms with Crippen LogP contribution in [0.3, 0.4) is 0 Å². The number of carbonyl (C=O) groups excluding carboxylic acids is 2. The van der Waals surface area contributed by atoms with Crippen molar-refractivity contribution in [2.24, 2.45) is 5.10 Å². The van der Waals surface area contributed by atoms with Gasteiger partial charge in [-0.15, -0.1) is 0 Å². The summed E-state index contributed by atoms with van der Waals surface area (Å²) in [5.41, 5.74) is 2.00. The van der Waals surface area contributed by atoms with E-state index < -0.39 is 0 Å². The summed E-state index contributed by atoms with van der Waals surface area (Å²) in [4.78, 5) is 31.1. The molecule has 0 aliphatic carbocycles. The van der Waals surface area contributed by atoms with Gasteiger partial charge >= 0.3 is 0 Å². The third kappa shape index (κ3) is 3.63. The molecule has 2 heterocycles. The van der Waals surface area contributed by atoms with Crippen molar-refractivity contribution in [2.45, 2.75) is 19.3 Å². The summed E-state index contributed by atoms with van der Waals surface area (Å²) in [5, 5.41) is 8.34. The first-order valence-electron chi connectivity index (χ1n) is 7.45. The fourth-order valence-electron chi connectivity index (χ4n) is 2.32. The summed E-state index contributed by atoms with van der Waals surface area (Å²) in [6.07, 6.45) is 4.63. The first kappa shape index (κ1) is 15.0. The fourth-order valence-corrected chi connectivity index (χ4v) is 2.32. The van der Waals surface area contributed by atoms with Crippen molar-refractivity contribution in [3.05, 3.63) is 48.5 Å². The Morgan fingerprint density at radius 3 is 2.83 bits per heavy atom. The molecule has 3 rings (SSSR count). The molecule has 1 aliphatic heterocycles. The molecule has 1 aliphatic rings. The maximum absolute atomic E-state index is 12.2. The van der Waals surface area contributed by atoms with Crippen molar-refractivity contribution in [3.63, 3.8) is 0 Å². The number of imidazole rings is 1. The molecule has 7 nitrogen and oxygen atoms in total. The zero-order valence-electron chi connectivity index (χ0n) is 12.5. The molecule has 2 aromatic rings. The minimum Gasteiger partial charge on any atom is -0.351 e. The lowest BCUT2D eigenvalue weighted by atomic mass is 10.1. The summed E-state index contributed by atoms with van der Waals surface area (Å²) in [6, 6.07) is 9.11. The van der Waals surface area contributed by atoms with E-state index in [0.717, 1.165) is 5.69 Å². The highest BCUT2D eigenvalue weighted by Gasteiger charge is 2.25. The molecule has 0 fully saturated rings. The Morgan fingerprint density at radius 2 is 2.09 bits per heavy atom. The second-order valence-electron chi connectivity index (χ2n) is 5.17. The average Bonchev–Trinajstić information content (AvgIpc) is 3.09. The molecule has 1 aromatic heterocycles. The van der Waals surface area contributed by atoms with Crippen LogP contribution in [0.15, 0.2) is 48.0 Å². The number of carbonyl (C=O) groups is 2. The van der Waals surface area contributed by atoms with Crippen molar-refractivity contribution in [1.82, 2.24) is 15.3 Å². The Bertz CT molecular complexity index is 709. The molecule has 2 N–H and O–H groups in total. The van der Waals surface area contributed by atoms with E-state index in [9.17, 15) is 9.59 Å². The van der Waals surface area contributed by atoms with E-state index in [2.05, 4.69) is 20.4 Å². The van der Waals surface area contributed by atoms with Gasteiger partial charge in [-0.25, -0.2) is 9.99 Å². The van der Waals surface area contributed by atoms with Gasteiger partial charge in [-0.1, -0.05) is 18.2 Å². The van der Waals surface area contributed by atoms with Crippen LogP contribution in [0, 0.1) is 0 Å². The topological polar surface area (TPSA) is 90.4 Å². The Balaban J connectivity index is 1.64. The van der Waals surface area contributed by atoms with Crippen molar-refractivity contribution >= 4 is 23.2 Å². The van der Waals surface area contributed by atoms with Gasteiger partial charge in [0.15, 0.2) is 0 Å². The number of benzene rings is 1. The van der Waals surface area contributed by atoms with Crippen molar-refractivity contribution < 1.29 is 9.59 Å². The number of nitrogens with zero attached hydrogens (tertiary/aromatic N) is 3. The van der Waals surface area contributed by atoms with Crippen LogP contribution >= 0.6 is 0 Å². The molecule has 2 amide bonds. The van der Waals surface area contributed by atoms with Crippen molar-refractivity contribution in [2.75, 3.05) is 11.6 Å². The molecule has 0 atom stereocenters. The normalized spacial score (nSPS) is 14.5. The summed E-state index contributed by atoms with van der Waals surface area (Å²) < 4.78 is 0. The predicted octanol–water partition coefficient (Wildman–Crippen LogP) is 1.25. The SMILES string of the molecule is O=C(NCCc1cnc[nH]1)C1=NN(c2ccccc2)C(=O)CC1. The van der Waals surface area contributed by atoms with Gasteiger partial charge in [0.2, 0.25) is 5.91 Å². The van der Waals surface area contributed by atoms with Gasteiger partial charge in [0.05, 0.1) is 12.0 Å². The van der Waals surface area contributed by atoms with Crippen LogP contribution in [0.1, 0.15) is 18.5 Å². The van der Waals surface area contributed by atoms with Gasteiger partial charge in [-0.3, -0.25) is 9.59 Å². The van der Waals surface area contributed by atoms with E-state index in [0.29, 0.717) is 30.8 Å². The molecule has 0 spiro atoms. The van der Waals surface area contributed by atoms with Crippen LogP contribution in [-0.2, 0) is 16.0 Å². The van der Waals surface area contributed by atoms with E-state index in [1.807, 2.05) is 18.2 Å². The first-order chi connectivity index (χ1) is 11.2. The lowest BCUT2D eigenvalue weighted by Crippen LogP contribution is -2.39. The lowest BCUT2D eigenvalue weighted by Gasteiger charge is -2.23. The number of H-pyrrole nitrogens is 1. The third-order valence-electron chi connectivity index (χ3n) is 3.53. The van der Waals surface area contributed by atoms with Gasteiger partial charge in [-0.2, -0.15) is 5.10 Å². The molecule has 0 saturated heterocycles. The van der Waals surface area contributed by atoms with Gasteiger partial charge < -0.3 is 10.3 Å². The monoisotopic (exact) mass is 311 g/mol. The van der Waals surface area contributed by atoms with Crippen molar-refractivity contribution in [3.8, 4) is 0 Å². The number of nitrogens with one attached hydrogen (secondary N) is 2. The average molecular weight is 311 g/mol. The molecule has 0 bridgehead atoms. The highest BCUT2D eigenvalue weighted by Crippen LogP contribution is 2.19. The molecule has 1 aromatic carbocycles. The van der Waals surface area contributed by atoms with Crippen LogP contribution < -0.4 is 10.3 Å². The number of aromatic amines is 1. The maximum atomic E-state index is 12.2. The molecule has 0 radical (unpaired) electrons. The number of amides is 2. The fraction of sp³-hybridized carbons (Fsp3) is 0.250. The minimum absolute atomic E-state index is 0.106. The van der Waals surface area contributed by atoms with E-state index in [4.69, 9.17) is 0 Å². The number of hydrazone groups is 1. The van der Waals surface area contributed by atoms with Crippen LogP contribution in [0.5, 0.6) is 0 Å². The molecule has 118 valence electrons. The Kier molecular flexibility index (Phi) is 4.46. The molecular formula is C16H17N5O2. The highest BCUT2D eigenvalue weighted by atomic mass is 16.2. The quantitative estimate of drug-likeness (QED) is 0.870. The lowest BCUT2D eigenvalue weighted by molar-refractivity contribution is -0.118. The van der Waals surface area contributed by atoms with E-state index in [-0.39, 0.29) is 18.2 Å². The van der Waals surface area contributed by atoms with E-state index in [1.165, 1.54) is 5.01 Å². The van der Waals surface area contributed by atoms with Crippen molar-refractivity contribution in [1.29, 1.82) is 0 Å². The van der Waals surface area contributed by atoms with Gasteiger partial charge in [-0.05, 0) is 12.1 Å². The number of anilines is 1. The molecule has 7 heteroatoms. The summed E-state index contributed by atoms with van der Waals surface area (Å²) >= 11 is 0. The molecule has 0 unspecified atom stereocenters. The minimum atomic E-state index is -0.238. The van der Waals surface area contributed by atoms with Gasteiger partial charge in [0.25, 0.3) is 5.91 Å². The second kappa shape index (κ2) is 6.87. The predicted molar refractivity (Wildman–Crippen MR) is 85.9 cm³/mol. The highest BCUT2D eigenvalue weighted by molar-refractivity contribution is 6.40. The zero-order valence-corrected chi connectivity index (χ0v) is 12.5. The number of rotatable bonds is 5. The van der Waals surface area contributed by atoms with E-state index >= 15 is 0 Å². The van der Waals surface area contributed by atoms with Crippen LogP contribution in [0.25, 0.3) is 0 Å². The Labute approximate surface area is 133 Å². The Morgan fingerprint density at radius 1 is 1.26 bits per heavy atom. The van der Waals surface area contributed by atoms with Gasteiger partial charge in [0.1, 0.15) is 5.71 Å². The smallest absolute Gasteiger partial charge is 0.267 e. The van der Waals surface area contributed by atoms with E-state index in [1.54, 1.807) is 24.7 Å². The number of hydrogen-bond acceptors (Lipinski definition) is 4. The third-order valence-corrected chi connectivity index (χ3v) is 3.53. The molecule has 0 saturated carbocycles. The summed E-state index contributed by atoms with van der Waals surface area (Å²) in [6.45, 7) is 0.485. The number of para-hydroxylation sites is 1. The molecular weight excluding hydrogens is 294 g/mol. The maximum Gasteiger partial charge on any atom is 0.267 e. The summed E-state index contributed by atoms with van der Waals surface area (Å²) in [7, 11) is 0. The zero-order chi connectivity index (χ0) is 16.1.